The minimum atomic E-state index is -0.590. The van der Waals surface area contributed by atoms with Gasteiger partial charge in [-0.3, -0.25) is 14.2 Å². The van der Waals surface area contributed by atoms with Crippen molar-refractivity contribution in [1.82, 2.24) is 24.0 Å². The second-order valence-corrected chi connectivity index (χ2v) is 6.00. The van der Waals surface area contributed by atoms with E-state index in [0.717, 1.165) is 10.3 Å². The summed E-state index contributed by atoms with van der Waals surface area (Å²) in [5, 5.41) is 2.73. The molecule has 0 spiro atoms. The maximum Gasteiger partial charge on any atom is 0.332 e. The lowest BCUT2D eigenvalue weighted by atomic mass is 10.2. The molecule has 1 atom stereocenters. The van der Waals surface area contributed by atoms with Gasteiger partial charge in [-0.05, 0) is 26.0 Å². The molecular weight excluding hydrogens is 326 g/mol. The number of amides is 1. The van der Waals surface area contributed by atoms with Crippen LogP contribution in [0.1, 0.15) is 24.5 Å². The number of carbonyl (C=O) groups is 1. The number of furan rings is 1. The predicted octanol–water partition coefficient (Wildman–Crippen LogP) is 0.213. The summed E-state index contributed by atoms with van der Waals surface area (Å²) in [6, 6.07) is 3.20. The van der Waals surface area contributed by atoms with Crippen LogP contribution in [0.3, 0.4) is 0 Å². The highest BCUT2D eigenvalue weighted by Gasteiger charge is 2.18. The Balaban J connectivity index is 1.90. The van der Waals surface area contributed by atoms with Gasteiger partial charge in [0.2, 0.25) is 5.91 Å². The van der Waals surface area contributed by atoms with Crippen LogP contribution in [0.2, 0.25) is 0 Å². The zero-order valence-electron chi connectivity index (χ0n) is 14.4. The third-order valence-electron chi connectivity index (χ3n) is 4.07. The molecule has 0 bridgehead atoms. The Bertz CT molecular complexity index is 1070. The zero-order valence-corrected chi connectivity index (χ0v) is 14.4. The topological polar surface area (TPSA) is 104 Å². The Morgan fingerprint density at radius 2 is 2.04 bits per heavy atom. The van der Waals surface area contributed by atoms with Gasteiger partial charge in [-0.1, -0.05) is 0 Å². The van der Waals surface area contributed by atoms with E-state index >= 15 is 0 Å². The molecule has 0 saturated carbocycles. The van der Waals surface area contributed by atoms with Gasteiger partial charge >= 0.3 is 5.69 Å². The highest BCUT2D eigenvalue weighted by molar-refractivity contribution is 5.77. The maximum absolute atomic E-state index is 12.6. The average Bonchev–Trinajstić information content (AvgIpc) is 3.15. The Kier molecular flexibility index (Phi) is 4.07. The van der Waals surface area contributed by atoms with Crippen molar-refractivity contribution >= 4 is 17.1 Å². The van der Waals surface area contributed by atoms with Crippen LogP contribution >= 0.6 is 0 Å². The second-order valence-electron chi connectivity index (χ2n) is 6.00. The van der Waals surface area contributed by atoms with Gasteiger partial charge < -0.3 is 14.3 Å². The van der Waals surface area contributed by atoms with E-state index in [9.17, 15) is 14.4 Å². The highest BCUT2D eigenvalue weighted by Crippen LogP contribution is 2.15. The lowest BCUT2D eigenvalue weighted by Crippen LogP contribution is -2.43. The first-order chi connectivity index (χ1) is 11.8. The number of carbonyl (C=O) groups excluding carboxylic acids is 1. The fraction of sp³-hybridized carbons (Fsp3) is 0.375. The Morgan fingerprint density at radius 1 is 1.32 bits per heavy atom. The van der Waals surface area contributed by atoms with E-state index in [2.05, 4.69) is 10.3 Å². The molecule has 0 saturated heterocycles. The van der Waals surface area contributed by atoms with E-state index in [1.807, 2.05) is 6.92 Å². The van der Waals surface area contributed by atoms with Crippen molar-refractivity contribution in [2.24, 2.45) is 14.1 Å². The van der Waals surface area contributed by atoms with Crippen molar-refractivity contribution in [3.63, 3.8) is 0 Å². The molecule has 0 aliphatic heterocycles. The quantitative estimate of drug-likeness (QED) is 0.728. The monoisotopic (exact) mass is 345 g/mol. The van der Waals surface area contributed by atoms with Gasteiger partial charge in [0, 0.05) is 14.1 Å². The smallest absolute Gasteiger partial charge is 0.332 e. The number of nitrogens with one attached hydrogen (secondary N) is 1. The molecule has 0 fully saturated rings. The molecule has 3 rings (SSSR count). The Morgan fingerprint density at radius 3 is 2.68 bits per heavy atom. The van der Waals surface area contributed by atoms with Gasteiger partial charge in [-0.15, -0.1) is 0 Å². The molecule has 132 valence electrons. The van der Waals surface area contributed by atoms with Crippen LogP contribution in [0.5, 0.6) is 0 Å². The van der Waals surface area contributed by atoms with Crippen molar-refractivity contribution < 1.29 is 9.21 Å². The fourth-order valence-corrected chi connectivity index (χ4v) is 2.72. The largest absolute Gasteiger partial charge is 0.464 e. The lowest BCUT2D eigenvalue weighted by Gasteiger charge is -2.13. The molecule has 1 unspecified atom stereocenters. The summed E-state index contributed by atoms with van der Waals surface area (Å²) >= 11 is 0. The molecule has 1 amide bonds. The van der Waals surface area contributed by atoms with Gasteiger partial charge in [0.15, 0.2) is 11.2 Å². The van der Waals surface area contributed by atoms with E-state index in [-0.39, 0.29) is 23.8 Å². The number of nitrogens with zero attached hydrogens (tertiary/aromatic N) is 4. The van der Waals surface area contributed by atoms with Gasteiger partial charge in [-0.25, -0.2) is 14.3 Å². The first-order valence-electron chi connectivity index (χ1n) is 7.76. The predicted molar refractivity (Wildman–Crippen MR) is 90.2 cm³/mol. The van der Waals surface area contributed by atoms with Crippen LogP contribution in [0, 0.1) is 6.92 Å². The number of rotatable bonds is 4. The first-order valence-corrected chi connectivity index (χ1v) is 7.76. The maximum atomic E-state index is 12.6. The highest BCUT2D eigenvalue weighted by atomic mass is 16.3. The van der Waals surface area contributed by atoms with Crippen molar-refractivity contribution in [2.45, 2.75) is 26.4 Å². The minimum Gasteiger partial charge on any atom is -0.464 e. The van der Waals surface area contributed by atoms with Crippen molar-refractivity contribution in [2.75, 3.05) is 0 Å². The number of aromatic nitrogens is 4. The average molecular weight is 345 g/mol. The molecule has 3 aromatic heterocycles. The van der Waals surface area contributed by atoms with E-state index in [1.165, 1.54) is 22.5 Å². The third-order valence-corrected chi connectivity index (χ3v) is 4.07. The van der Waals surface area contributed by atoms with Crippen molar-refractivity contribution in [3.05, 3.63) is 50.8 Å². The summed E-state index contributed by atoms with van der Waals surface area (Å²) in [5.41, 5.74) is -0.583. The SMILES string of the molecule is Cc1ccc(C(C)NC(=O)Cn2c(=O)c3c(ncn3C)n(C)c2=O)o1. The number of imidazole rings is 1. The van der Waals surface area contributed by atoms with Crippen molar-refractivity contribution in [3.8, 4) is 0 Å². The summed E-state index contributed by atoms with van der Waals surface area (Å²) < 4.78 is 9.15. The summed E-state index contributed by atoms with van der Waals surface area (Å²) in [6.07, 6.45) is 1.46. The molecule has 25 heavy (non-hydrogen) atoms. The molecule has 0 aromatic carbocycles. The van der Waals surface area contributed by atoms with Crippen LogP contribution in [0.4, 0.5) is 0 Å². The molecule has 9 nitrogen and oxygen atoms in total. The summed E-state index contributed by atoms with van der Waals surface area (Å²) in [6.45, 7) is 3.20. The zero-order chi connectivity index (χ0) is 18.3. The van der Waals surface area contributed by atoms with Crippen LogP contribution < -0.4 is 16.6 Å². The van der Waals surface area contributed by atoms with Gasteiger partial charge in [0.05, 0.1) is 12.4 Å². The van der Waals surface area contributed by atoms with E-state index in [4.69, 9.17) is 4.42 Å². The molecule has 3 aromatic rings. The minimum absolute atomic E-state index is 0.268. The van der Waals surface area contributed by atoms with Crippen molar-refractivity contribution in [1.29, 1.82) is 0 Å². The second kappa shape index (κ2) is 6.08. The van der Waals surface area contributed by atoms with Gasteiger partial charge in [0.25, 0.3) is 5.56 Å². The summed E-state index contributed by atoms with van der Waals surface area (Å²) in [7, 11) is 3.17. The van der Waals surface area contributed by atoms with E-state index in [1.54, 1.807) is 26.1 Å². The number of hydrogen-bond donors (Lipinski definition) is 1. The standard InChI is InChI=1S/C16H19N5O4/c1-9-5-6-11(25-9)10(2)18-12(22)7-21-15(23)13-14(17-8-19(13)3)20(4)16(21)24/h5-6,8,10H,7H2,1-4H3,(H,18,22). The number of fused-ring (bicyclic) bond motifs is 1. The van der Waals surface area contributed by atoms with Crippen LogP contribution in [-0.4, -0.2) is 24.6 Å². The Hall–Kier alpha value is -3.10. The summed E-state index contributed by atoms with van der Waals surface area (Å²) in [5.74, 6) is 0.887. The number of aryl methyl sites for hydroxylation is 3. The summed E-state index contributed by atoms with van der Waals surface area (Å²) in [4.78, 5) is 41.3. The van der Waals surface area contributed by atoms with Crippen LogP contribution in [-0.2, 0) is 25.4 Å². The molecule has 1 N–H and O–H groups in total. The van der Waals surface area contributed by atoms with Gasteiger partial charge in [0.1, 0.15) is 18.1 Å². The molecule has 0 aliphatic rings. The van der Waals surface area contributed by atoms with E-state index in [0.29, 0.717) is 5.76 Å². The molecular formula is C16H19N5O4. The van der Waals surface area contributed by atoms with Crippen LogP contribution in [0.25, 0.3) is 11.2 Å². The van der Waals surface area contributed by atoms with Gasteiger partial charge in [-0.2, -0.15) is 0 Å². The molecule has 0 radical (unpaired) electrons. The normalized spacial score (nSPS) is 12.5. The van der Waals surface area contributed by atoms with Crippen LogP contribution in [0.15, 0.2) is 32.5 Å². The first kappa shape index (κ1) is 16.7. The Labute approximate surface area is 142 Å². The molecule has 0 aliphatic carbocycles. The van der Waals surface area contributed by atoms with E-state index < -0.39 is 17.2 Å². The molecule has 9 heteroatoms. The lowest BCUT2D eigenvalue weighted by molar-refractivity contribution is -0.122. The fourth-order valence-electron chi connectivity index (χ4n) is 2.72. The molecule has 3 heterocycles. The third kappa shape index (κ3) is 2.88. The number of hydrogen-bond acceptors (Lipinski definition) is 5.